The van der Waals surface area contributed by atoms with Crippen molar-refractivity contribution in [2.45, 2.75) is 6.92 Å². The van der Waals surface area contributed by atoms with Crippen LogP contribution in [0.1, 0.15) is 16.1 Å². The predicted molar refractivity (Wildman–Crippen MR) is 119 cm³/mol. The number of hydrogen-bond acceptors (Lipinski definition) is 7. The lowest BCUT2D eigenvalue weighted by atomic mass is 10.1. The lowest BCUT2D eigenvalue weighted by Gasteiger charge is -2.11. The van der Waals surface area contributed by atoms with E-state index < -0.39 is 16.7 Å². The number of carbonyl (C=O) groups is 2. The van der Waals surface area contributed by atoms with Crippen LogP contribution in [0.3, 0.4) is 0 Å². The van der Waals surface area contributed by atoms with Crippen LogP contribution in [0, 0.1) is 17.0 Å². The summed E-state index contributed by atoms with van der Waals surface area (Å²) in [7, 11) is 0. The van der Waals surface area contributed by atoms with Crippen molar-refractivity contribution < 1.29 is 23.7 Å². The van der Waals surface area contributed by atoms with E-state index in [0.717, 1.165) is 5.56 Å². The Morgan fingerprint density at radius 3 is 2.50 bits per heavy atom. The van der Waals surface area contributed by atoms with Crippen LogP contribution in [0.2, 0.25) is 0 Å². The van der Waals surface area contributed by atoms with E-state index in [1.807, 2.05) is 19.1 Å². The molecule has 1 heterocycles. The summed E-state index contributed by atoms with van der Waals surface area (Å²) < 4.78 is 10.8. The molecule has 0 aliphatic carbocycles. The molecule has 0 bridgehead atoms. The zero-order chi connectivity index (χ0) is 23.1. The number of nitrogens with one attached hydrogen (secondary N) is 3. The smallest absolute Gasteiger partial charge is 0.293 e. The second kappa shape index (κ2) is 10.2. The average Bonchev–Trinajstić information content (AvgIpc) is 3.27. The predicted octanol–water partition coefficient (Wildman–Crippen LogP) is 2.88. The number of para-hydroxylation sites is 1. The van der Waals surface area contributed by atoms with Gasteiger partial charge in [0.15, 0.2) is 17.5 Å². The standard InChI is InChI=1S/C21H18N4O6S/c1-13-6-8-14(9-7-13)30-12-19(26)23-24-21(32)22-20(27)18-11-10-17(31-18)15-4-2-3-5-16(15)25(28)29/h2-11H,12H2,1H3,(H,23,26)(H2,22,24,27,32). The van der Waals surface area contributed by atoms with Crippen molar-refractivity contribution in [3.05, 3.63) is 82.1 Å². The number of rotatable bonds is 6. The zero-order valence-corrected chi connectivity index (χ0v) is 17.6. The van der Waals surface area contributed by atoms with E-state index in [-0.39, 0.29) is 34.5 Å². The molecule has 1 aromatic heterocycles. The summed E-state index contributed by atoms with van der Waals surface area (Å²) in [6.45, 7) is 1.68. The molecule has 0 spiro atoms. The van der Waals surface area contributed by atoms with Gasteiger partial charge < -0.3 is 9.15 Å². The quantitative estimate of drug-likeness (QED) is 0.294. The largest absolute Gasteiger partial charge is 0.484 e. The van der Waals surface area contributed by atoms with Gasteiger partial charge in [0.1, 0.15) is 11.5 Å². The number of aryl methyl sites for hydroxylation is 1. The highest BCUT2D eigenvalue weighted by Gasteiger charge is 2.19. The first-order valence-corrected chi connectivity index (χ1v) is 9.67. The minimum Gasteiger partial charge on any atom is -0.484 e. The van der Waals surface area contributed by atoms with E-state index in [0.29, 0.717) is 5.75 Å². The van der Waals surface area contributed by atoms with Crippen molar-refractivity contribution in [2.24, 2.45) is 0 Å². The summed E-state index contributed by atoms with van der Waals surface area (Å²) in [5, 5.41) is 13.3. The topological polar surface area (TPSA) is 136 Å². The van der Waals surface area contributed by atoms with Crippen molar-refractivity contribution in [1.29, 1.82) is 0 Å². The number of thiocarbonyl (C=S) groups is 1. The number of furan rings is 1. The van der Waals surface area contributed by atoms with Gasteiger partial charge in [-0.15, -0.1) is 0 Å². The van der Waals surface area contributed by atoms with Crippen molar-refractivity contribution in [3.63, 3.8) is 0 Å². The second-order valence-corrected chi connectivity index (χ2v) is 6.90. The molecule has 2 aromatic carbocycles. The normalized spacial score (nSPS) is 10.2. The van der Waals surface area contributed by atoms with Gasteiger partial charge in [-0.25, -0.2) is 0 Å². The molecule has 11 heteroatoms. The van der Waals surface area contributed by atoms with Gasteiger partial charge in [-0.05, 0) is 49.5 Å². The molecule has 0 aliphatic heterocycles. The first-order chi connectivity index (χ1) is 15.3. The molecule has 3 rings (SSSR count). The Bertz CT molecular complexity index is 1160. The van der Waals surface area contributed by atoms with Crippen molar-refractivity contribution >= 4 is 34.8 Å². The summed E-state index contributed by atoms with van der Waals surface area (Å²) in [6, 6.07) is 16.0. The van der Waals surface area contributed by atoms with Gasteiger partial charge in [0, 0.05) is 6.07 Å². The Morgan fingerprint density at radius 2 is 1.78 bits per heavy atom. The van der Waals surface area contributed by atoms with Gasteiger partial charge in [-0.1, -0.05) is 29.8 Å². The summed E-state index contributed by atoms with van der Waals surface area (Å²) in [6.07, 6.45) is 0. The molecule has 3 aromatic rings. The lowest BCUT2D eigenvalue weighted by molar-refractivity contribution is -0.384. The minimum atomic E-state index is -0.697. The highest BCUT2D eigenvalue weighted by molar-refractivity contribution is 7.80. The van der Waals surface area contributed by atoms with Crippen LogP contribution in [-0.4, -0.2) is 28.5 Å². The van der Waals surface area contributed by atoms with Crippen LogP contribution in [0.15, 0.2) is 65.1 Å². The molecule has 0 aliphatic rings. The van der Waals surface area contributed by atoms with Crippen LogP contribution in [0.4, 0.5) is 5.69 Å². The first kappa shape index (κ1) is 22.4. The third-order valence-electron chi connectivity index (χ3n) is 4.13. The van der Waals surface area contributed by atoms with Gasteiger partial charge in [0.2, 0.25) is 0 Å². The number of nitro benzene ring substituents is 1. The maximum Gasteiger partial charge on any atom is 0.293 e. The number of hydrogen-bond donors (Lipinski definition) is 3. The Morgan fingerprint density at radius 1 is 1.06 bits per heavy atom. The molecule has 10 nitrogen and oxygen atoms in total. The molecule has 2 amide bonds. The molecule has 0 radical (unpaired) electrons. The third kappa shape index (κ3) is 5.89. The van der Waals surface area contributed by atoms with Crippen LogP contribution >= 0.6 is 12.2 Å². The van der Waals surface area contributed by atoms with Crippen molar-refractivity contribution in [1.82, 2.24) is 16.2 Å². The molecule has 0 saturated heterocycles. The van der Waals surface area contributed by atoms with E-state index in [1.165, 1.54) is 30.3 Å². The van der Waals surface area contributed by atoms with Crippen LogP contribution < -0.4 is 20.9 Å². The van der Waals surface area contributed by atoms with Gasteiger partial charge in [-0.2, -0.15) is 0 Å². The number of nitrogens with zero attached hydrogens (tertiary/aromatic N) is 1. The number of nitro groups is 1. The SMILES string of the molecule is Cc1ccc(OCC(=O)NNC(=S)NC(=O)c2ccc(-c3ccccc3[N+](=O)[O-])o2)cc1. The number of ether oxygens (including phenoxy) is 1. The molecule has 164 valence electrons. The number of carbonyl (C=O) groups excluding carboxylic acids is 2. The number of hydrazine groups is 1. The molecule has 3 N–H and O–H groups in total. The van der Waals surface area contributed by atoms with Crippen LogP contribution in [-0.2, 0) is 4.79 Å². The van der Waals surface area contributed by atoms with Crippen LogP contribution in [0.25, 0.3) is 11.3 Å². The van der Waals surface area contributed by atoms with E-state index in [2.05, 4.69) is 16.2 Å². The maximum atomic E-state index is 12.3. The Labute approximate surface area is 187 Å². The Balaban J connectivity index is 1.50. The third-order valence-corrected chi connectivity index (χ3v) is 4.33. The number of benzene rings is 2. The summed E-state index contributed by atoms with van der Waals surface area (Å²) in [4.78, 5) is 34.8. The Hall–Kier alpha value is -4.25. The average molecular weight is 454 g/mol. The van der Waals surface area contributed by atoms with Crippen molar-refractivity contribution in [2.75, 3.05) is 6.61 Å². The van der Waals surface area contributed by atoms with Crippen molar-refractivity contribution in [3.8, 4) is 17.1 Å². The van der Waals surface area contributed by atoms with E-state index in [1.54, 1.807) is 18.2 Å². The lowest BCUT2D eigenvalue weighted by Crippen LogP contribution is -2.49. The Kier molecular flexibility index (Phi) is 7.13. The summed E-state index contributed by atoms with van der Waals surface area (Å²) in [5.41, 5.74) is 5.82. The second-order valence-electron chi connectivity index (χ2n) is 6.50. The highest BCUT2D eigenvalue weighted by atomic mass is 32.1. The number of amides is 2. The molecule has 0 fully saturated rings. The monoisotopic (exact) mass is 454 g/mol. The maximum absolute atomic E-state index is 12.3. The zero-order valence-electron chi connectivity index (χ0n) is 16.8. The molecule has 0 saturated carbocycles. The molecule has 0 unspecified atom stereocenters. The fourth-order valence-corrected chi connectivity index (χ4v) is 2.73. The molecule has 0 atom stereocenters. The molecular formula is C21H18N4O6S. The van der Waals surface area contributed by atoms with E-state index in [9.17, 15) is 19.7 Å². The summed E-state index contributed by atoms with van der Waals surface area (Å²) >= 11 is 4.97. The first-order valence-electron chi connectivity index (χ1n) is 9.27. The fourth-order valence-electron chi connectivity index (χ4n) is 2.59. The van der Waals surface area contributed by atoms with E-state index in [4.69, 9.17) is 21.4 Å². The molecular weight excluding hydrogens is 436 g/mol. The van der Waals surface area contributed by atoms with Gasteiger partial charge in [0.05, 0.1) is 10.5 Å². The van der Waals surface area contributed by atoms with Crippen LogP contribution in [0.5, 0.6) is 5.75 Å². The van der Waals surface area contributed by atoms with E-state index >= 15 is 0 Å². The minimum absolute atomic E-state index is 0.115. The highest BCUT2D eigenvalue weighted by Crippen LogP contribution is 2.30. The molecule has 32 heavy (non-hydrogen) atoms. The van der Waals surface area contributed by atoms with Gasteiger partial charge in [0.25, 0.3) is 17.5 Å². The fraction of sp³-hybridized carbons (Fsp3) is 0.0952. The van der Waals surface area contributed by atoms with Gasteiger partial charge >= 0.3 is 0 Å². The van der Waals surface area contributed by atoms with Gasteiger partial charge in [-0.3, -0.25) is 35.9 Å². The summed E-state index contributed by atoms with van der Waals surface area (Å²) in [5.74, 6) is -0.635.